The lowest BCUT2D eigenvalue weighted by molar-refractivity contribution is -0.143. The van der Waals surface area contributed by atoms with Crippen LogP contribution >= 0.6 is 0 Å². The molecule has 24 heavy (non-hydrogen) atoms. The summed E-state index contributed by atoms with van der Waals surface area (Å²) in [5, 5.41) is 86.1. The molecule has 6 atom stereocenters. The van der Waals surface area contributed by atoms with Crippen LogP contribution in [0.3, 0.4) is 0 Å². The standard InChI is InChI=1S/2C6H12O6/c2*7-1-3(9)5(11)6(12)4(10)2-8/h2*3,5-9,11-12H,1-2H2/t3-,5+,6+;3-,5+,6-/m11/s1. The van der Waals surface area contributed by atoms with Gasteiger partial charge in [-0.2, -0.15) is 0 Å². The number of ketones is 2. The Morgan fingerprint density at radius 3 is 1.00 bits per heavy atom. The number of aliphatic hydroxyl groups excluding tert-OH is 10. The van der Waals surface area contributed by atoms with Crippen molar-refractivity contribution < 1.29 is 60.7 Å². The molecule has 144 valence electrons. The average Bonchev–Trinajstić information content (AvgIpc) is 2.62. The summed E-state index contributed by atoms with van der Waals surface area (Å²) in [6.07, 6.45) is -10.4. The van der Waals surface area contributed by atoms with Crippen molar-refractivity contribution in [2.45, 2.75) is 36.6 Å². The quantitative estimate of drug-likeness (QED) is 0.175. The van der Waals surface area contributed by atoms with Crippen molar-refractivity contribution in [3.63, 3.8) is 0 Å². The maximum atomic E-state index is 10.5. The molecule has 0 heterocycles. The fourth-order valence-electron chi connectivity index (χ4n) is 1.20. The van der Waals surface area contributed by atoms with Crippen LogP contribution in [-0.4, -0.2) is 126 Å². The van der Waals surface area contributed by atoms with E-state index in [0.29, 0.717) is 0 Å². The number of aliphatic hydroxyl groups is 10. The molecular weight excluding hydrogens is 336 g/mol. The van der Waals surface area contributed by atoms with Gasteiger partial charge in [-0.25, -0.2) is 0 Å². The van der Waals surface area contributed by atoms with Crippen LogP contribution in [0.2, 0.25) is 0 Å². The van der Waals surface area contributed by atoms with E-state index < -0.39 is 74.6 Å². The largest absolute Gasteiger partial charge is 0.394 e. The molecule has 0 rings (SSSR count). The Kier molecular flexibility index (Phi) is 13.9. The van der Waals surface area contributed by atoms with Gasteiger partial charge in [-0.1, -0.05) is 0 Å². The van der Waals surface area contributed by atoms with Gasteiger partial charge in [0.15, 0.2) is 11.6 Å². The lowest BCUT2D eigenvalue weighted by atomic mass is 10.1. The number of hydrogen-bond donors (Lipinski definition) is 10. The highest BCUT2D eigenvalue weighted by molar-refractivity contribution is 5.84. The molecule has 12 nitrogen and oxygen atoms in total. The summed E-state index contributed by atoms with van der Waals surface area (Å²) in [4.78, 5) is 21.0. The second-order valence-corrected chi connectivity index (χ2v) is 4.62. The molecule has 0 saturated heterocycles. The van der Waals surface area contributed by atoms with Crippen LogP contribution in [-0.2, 0) is 9.59 Å². The van der Waals surface area contributed by atoms with Gasteiger partial charge in [-0.3, -0.25) is 9.59 Å². The topological polar surface area (TPSA) is 236 Å². The Morgan fingerprint density at radius 2 is 0.833 bits per heavy atom. The molecule has 0 aromatic rings. The van der Waals surface area contributed by atoms with E-state index in [4.69, 9.17) is 51.1 Å². The van der Waals surface area contributed by atoms with Crippen LogP contribution in [0, 0.1) is 0 Å². The van der Waals surface area contributed by atoms with Crippen LogP contribution in [0.15, 0.2) is 0 Å². The minimum atomic E-state index is -1.86. The first kappa shape index (κ1) is 25.2. The molecule has 0 radical (unpaired) electrons. The van der Waals surface area contributed by atoms with Crippen LogP contribution in [0.5, 0.6) is 0 Å². The first-order valence-corrected chi connectivity index (χ1v) is 6.66. The number of carbonyl (C=O) groups excluding carboxylic acids is 2. The molecule has 0 spiro atoms. The molecular formula is C12H24O12. The second kappa shape index (κ2) is 13.3. The van der Waals surface area contributed by atoms with E-state index in [1.165, 1.54) is 0 Å². The van der Waals surface area contributed by atoms with E-state index >= 15 is 0 Å². The zero-order chi connectivity index (χ0) is 19.4. The Labute approximate surface area is 136 Å². The Hall–Kier alpha value is -1.06. The van der Waals surface area contributed by atoms with Crippen molar-refractivity contribution in [2.24, 2.45) is 0 Å². The molecule has 0 aromatic heterocycles. The number of Topliss-reactive ketones (excluding diaryl/α,β-unsaturated/α-hetero) is 2. The highest BCUT2D eigenvalue weighted by Crippen LogP contribution is 2.01. The van der Waals surface area contributed by atoms with Crippen molar-refractivity contribution >= 4 is 11.6 Å². The van der Waals surface area contributed by atoms with Crippen molar-refractivity contribution in [3.8, 4) is 0 Å². The Bertz CT molecular complexity index is 328. The lowest BCUT2D eigenvalue weighted by Gasteiger charge is -2.19. The van der Waals surface area contributed by atoms with Gasteiger partial charge in [-0.05, 0) is 0 Å². The summed E-state index contributed by atoms with van der Waals surface area (Å²) in [7, 11) is 0. The molecule has 0 aromatic carbocycles. The monoisotopic (exact) mass is 360 g/mol. The van der Waals surface area contributed by atoms with Gasteiger partial charge in [0.05, 0.1) is 13.2 Å². The van der Waals surface area contributed by atoms with E-state index in [1.807, 2.05) is 0 Å². The Morgan fingerprint density at radius 1 is 0.583 bits per heavy atom. The fraction of sp³-hybridized carbons (Fsp3) is 0.833. The van der Waals surface area contributed by atoms with Crippen molar-refractivity contribution in [3.05, 3.63) is 0 Å². The summed E-state index contributed by atoms with van der Waals surface area (Å²) in [5.41, 5.74) is 0. The van der Waals surface area contributed by atoms with Crippen LogP contribution in [0.1, 0.15) is 0 Å². The molecule has 0 unspecified atom stereocenters. The molecule has 12 heteroatoms. The zero-order valence-corrected chi connectivity index (χ0v) is 12.6. The van der Waals surface area contributed by atoms with E-state index in [1.54, 1.807) is 0 Å². The molecule has 0 amide bonds. The third-order valence-corrected chi connectivity index (χ3v) is 2.78. The summed E-state index contributed by atoms with van der Waals surface area (Å²) in [6, 6.07) is 0. The van der Waals surface area contributed by atoms with Crippen LogP contribution in [0.4, 0.5) is 0 Å². The van der Waals surface area contributed by atoms with E-state index in [-0.39, 0.29) is 0 Å². The molecule has 0 bridgehead atoms. The van der Waals surface area contributed by atoms with Gasteiger partial charge in [0.25, 0.3) is 0 Å². The second-order valence-electron chi connectivity index (χ2n) is 4.62. The van der Waals surface area contributed by atoms with E-state index in [2.05, 4.69) is 0 Å². The summed E-state index contributed by atoms with van der Waals surface area (Å²) in [5.74, 6) is -2.01. The number of rotatable bonds is 10. The van der Waals surface area contributed by atoms with E-state index in [9.17, 15) is 9.59 Å². The van der Waals surface area contributed by atoms with Gasteiger partial charge in [0, 0.05) is 0 Å². The summed E-state index contributed by atoms with van der Waals surface area (Å²) >= 11 is 0. The SMILES string of the molecule is O=C(CO)[C@@H](O)[C@@H](O)[C@H](O)CO.O=C(CO)[C@H](O)[C@@H](O)[C@H](O)CO. The first-order chi connectivity index (χ1) is 11.1. The third kappa shape index (κ3) is 8.70. The smallest absolute Gasteiger partial charge is 0.189 e. The van der Waals surface area contributed by atoms with Gasteiger partial charge < -0.3 is 51.1 Å². The molecule has 0 aliphatic carbocycles. The predicted octanol–water partition coefficient (Wildman–Crippen LogP) is -6.75. The van der Waals surface area contributed by atoms with E-state index in [0.717, 1.165) is 0 Å². The Balaban J connectivity index is 0. The number of hydrogen-bond acceptors (Lipinski definition) is 12. The highest BCUT2D eigenvalue weighted by Gasteiger charge is 2.29. The maximum Gasteiger partial charge on any atom is 0.189 e. The predicted molar refractivity (Wildman–Crippen MR) is 74.4 cm³/mol. The average molecular weight is 360 g/mol. The van der Waals surface area contributed by atoms with Crippen molar-refractivity contribution in [1.29, 1.82) is 0 Å². The fourth-order valence-corrected chi connectivity index (χ4v) is 1.20. The minimum Gasteiger partial charge on any atom is -0.394 e. The summed E-state index contributed by atoms with van der Waals surface area (Å²) in [6.45, 7) is -3.37. The summed E-state index contributed by atoms with van der Waals surface area (Å²) < 4.78 is 0. The first-order valence-electron chi connectivity index (χ1n) is 6.66. The molecule has 0 saturated carbocycles. The van der Waals surface area contributed by atoms with Crippen molar-refractivity contribution in [1.82, 2.24) is 0 Å². The molecule has 0 aliphatic rings. The lowest BCUT2D eigenvalue weighted by Crippen LogP contribution is -2.44. The normalized spacial score (nSPS) is 18.4. The molecule has 0 fully saturated rings. The molecule has 0 aliphatic heterocycles. The minimum absolute atomic E-state index is 0.767. The number of carbonyl (C=O) groups is 2. The van der Waals surface area contributed by atoms with Gasteiger partial charge in [0.2, 0.25) is 0 Å². The highest BCUT2D eigenvalue weighted by atomic mass is 16.4. The molecule has 10 N–H and O–H groups in total. The maximum absolute atomic E-state index is 10.5. The van der Waals surface area contributed by atoms with Gasteiger partial charge in [-0.15, -0.1) is 0 Å². The zero-order valence-electron chi connectivity index (χ0n) is 12.6. The van der Waals surface area contributed by atoms with Gasteiger partial charge >= 0.3 is 0 Å². The van der Waals surface area contributed by atoms with Crippen molar-refractivity contribution in [2.75, 3.05) is 26.4 Å². The van der Waals surface area contributed by atoms with Gasteiger partial charge in [0.1, 0.15) is 49.8 Å². The third-order valence-electron chi connectivity index (χ3n) is 2.78. The van der Waals surface area contributed by atoms with Crippen LogP contribution in [0.25, 0.3) is 0 Å². The van der Waals surface area contributed by atoms with Crippen LogP contribution < -0.4 is 0 Å².